The van der Waals surface area contributed by atoms with Gasteiger partial charge in [-0.1, -0.05) is 23.5 Å². The number of thioether (sulfide) groups is 2. The maximum atomic E-state index is 4.98. The quantitative estimate of drug-likeness (QED) is 0.371. The number of H-pyrrole nitrogens is 4. The Balaban J connectivity index is 2.03. The predicted octanol–water partition coefficient (Wildman–Crippen LogP) is 3.55. The Morgan fingerprint density at radius 3 is 1.53 bits per heavy atom. The Morgan fingerprint density at radius 1 is 0.737 bits per heavy atom. The second-order valence-corrected chi connectivity index (χ2v) is 6.89. The molecule has 0 saturated carbocycles. The van der Waals surface area contributed by atoms with Gasteiger partial charge in [-0.2, -0.15) is 9.97 Å². The van der Waals surface area contributed by atoms with Crippen LogP contribution >= 0.6 is 72.4 Å². The molecule has 0 aliphatic heterocycles. The van der Waals surface area contributed by atoms with Crippen molar-refractivity contribution >= 4 is 72.4 Å². The Bertz CT molecular complexity index is 675. The molecule has 19 heavy (non-hydrogen) atoms. The molecule has 0 atom stereocenters. The summed E-state index contributed by atoms with van der Waals surface area (Å²) in [6, 6.07) is 0. The molecule has 0 aromatic carbocycles. The summed E-state index contributed by atoms with van der Waals surface area (Å²) in [5.41, 5.74) is 0. The highest BCUT2D eigenvalue weighted by atomic mass is 32.2. The lowest BCUT2D eigenvalue weighted by molar-refractivity contribution is 0.871. The van der Waals surface area contributed by atoms with Crippen molar-refractivity contribution in [2.24, 2.45) is 0 Å². The topological polar surface area (TPSA) is 88.9 Å². The van der Waals surface area contributed by atoms with Crippen LogP contribution in [0.25, 0.3) is 0 Å². The summed E-state index contributed by atoms with van der Waals surface area (Å²) < 4.78 is 1.62. The average Bonchev–Trinajstić information content (AvgIpc) is 2.26. The minimum absolute atomic E-state index is 0.357. The molecule has 0 spiro atoms. The normalized spacial score (nSPS) is 10.5. The summed E-state index contributed by atoms with van der Waals surface area (Å²) in [5.74, 6) is 0. The molecule has 0 unspecified atom stereocenters. The second kappa shape index (κ2) is 6.85. The van der Waals surface area contributed by atoms with Gasteiger partial charge in [0.05, 0.1) is 5.08 Å². The summed E-state index contributed by atoms with van der Waals surface area (Å²) in [6.45, 7) is 0. The van der Waals surface area contributed by atoms with Gasteiger partial charge in [0.2, 0.25) is 9.54 Å². The lowest BCUT2D eigenvalue weighted by atomic mass is 11.1. The number of rotatable bonds is 4. The van der Waals surface area contributed by atoms with Gasteiger partial charge in [0.15, 0.2) is 19.9 Å². The van der Waals surface area contributed by atoms with E-state index in [1.165, 1.54) is 23.5 Å². The van der Waals surface area contributed by atoms with E-state index in [0.29, 0.717) is 34.5 Å². The Hall–Kier alpha value is -0.400. The molecule has 0 bridgehead atoms. The van der Waals surface area contributed by atoms with Crippen molar-refractivity contribution in [1.82, 2.24) is 29.9 Å². The fourth-order valence-electron chi connectivity index (χ4n) is 1.03. The van der Waals surface area contributed by atoms with Gasteiger partial charge in [0.25, 0.3) is 0 Å². The van der Waals surface area contributed by atoms with Gasteiger partial charge in [-0.15, -0.1) is 0 Å². The molecule has 2 rings (SSSR count). The minimum Gasteiger partial charge on any atom is -0.311 e. The lowest BCUT2D eigenvalue weighted by Gasteiger charge is -2.01. The Labute approximate surface area is 136 Å². The summed E-state index contributed by atoms with van der Waals surface area (Å²) >= 11 is 22.8. The number of aromatic amines is 4. The van der Waals surface area contributed by atoms with Crippen LogP contribution in [0.4, 0.5) is 0 Å². The molecule has 0 saturated heterocycles. The van der Waals surface area contributed by atoms with Crippen molar-refractivity contribution in [3.05, 3.63) is 19.1 Å². The zero-order valence-corrected chi connectivity index (χ0v) is 14.0. The molecule has 0 aliphatic rings. The highest BCUT2D eigenvalue weighted by Gasteiger charge is 2.00. The zero-order valence-electron chi connectivity index (χ0n) is 9.05. The Morgan fingerprint density at radius 2 is 1.16 bits per heavy atom. The van der Waals surface area contributed by atoms with Gasteiger partial charge in [0, 0.05) is 0 Å². The molecule has 12 heteroatoms. The molecule has 4 N–H and O–H groups in total. The first-order valence-corrected chi connectivity index (χ1v) is 8.30. The predicted molar refractivity (Wildman–Crippen MR) is 85.8 cm³/mol. The molecule has 0 amide bonds. The van der Waals surface area contributed by atoms with E-state index in [2.05, 4.69) is 29.9 Å². The molecule has 2 heterocycles. The highest BCUT2D eigenvalue weighted by Crippen LogP contribution is 2.22. The first kappa shape index (κ1) is 15.0. The van der Waals surface area contributed by atoms with Crippen molar-refractivity contribution in [1.29, 1.82) is 0 Å². The third-order valence-electron chi connectivity index (χ3n) is 1.68. The fraction of sp³-hybridized carbons (Fsp3) is 0.143. The molecule has 2 aromatic heterocycles. The first-order chi connectivity index (χ1) is 9.02. The van der Waals surface area contributed by atoms with Crippen molar-refractivity contribution in [3.63, 3.8) is 0 Å². The zero-order chi connectivity index (χ0) is 13.8. The van der Waals surface area contributed by atoms with Crippen LogP contribution in [-0.2, 0) is 0 Å². The van der Waals surface area contributed by atoms with Crippen LogP contribution in [0.15, 0.2) is 10.3 Å². The number of hydrogen-bond acceptors (Lipinski definition) is 8. The summed E-state index contributed by atoms with van der Waals surface area (Å²) in [4.78, 5) is 19.5. The molecule has 6 nitrogen and oxygen atoms in total. The van der Waals surface area contributed by atoms with Crippen LogP contribution in [0.3, 0.4) is 0 Å². The second-order valence-electron chi connectivity index (χ2n) is 3.01. The van der Waals surface area contributed by atoms with Crippen LogP contribution in [0.5, 0.6) is 0 Å². The third kappa shape index (κ3) is 4.89. The smallest absolute Gasteiger partial charge is 0.201 e. The average molecular weight is 367 g/mol. The maximum absolute atomic E-state index is 4.98. The fourth-order valence-corrected chi connectivity index (χ4v) is 3.96. The number of hydrogen-bond donors (Lipinski definition) is 4. The van der Waals surface area contributed by atoms with E-state index in [0.717, 1.165) is 0 Å². The van der Waals surface area contributed by atoms with E-state index >= 15 is 0 Å². The van der Waals surface area contributed by atoms with Gasteiger partial charge >= 0.3 is 0 Å². The van der Waals surface area contributed by atoms with Crippen molar-refractivity contribution in [3.8, 4) is 0 Å². The maximum Gasteiger partial charge on any atom is 0.201 e. The van der Waals surface area contributed by atoms with Gasteiger partial charge in [-0.05, 0) is 48.9 Å². The van der Waals surface area contributed by atoms with Gasteiger partial charge in [-0.25, -0.2) is 0 Å². The summed E-state index contributed by atoms with van der Waals surface area (Å²) in [5, 5.41) is 1.97. The van der Waals surface area contributed by atoms with Gasteiger partial charge < -0.3 is 19.9 Å². The van der Waals surface area contributed by atoms with Crippen molar-refractivity contribution < 1.29 is 0 Å². The van der Waals surface area contributed by atoms with E-state index in [1.807, 2.05) is 0 Å². The highest BCUT2D eigenvalue weighted by molar-refractivity contribution is 8.15. The van der Waals surface area contributed by atoms with E-state index in [-0.39, 0.29) is 0 Å². The van der Waals surface area contributed by atoms with E-state index in [1.54, 1.807) is 0 Å². The standard InChI is InChI=1S/C7H6N6S6/c14-2-8-3(15)11-6(10-2)18-1-19-7-12-4(16)9-5(17)13-7/h1H2,(H2,8,10,11,14,15)(H2,9,12,13,16,17). The van der Waals surface area contributed by atoms with Gasteiger partial charge in [-0.3, -0.25) is 0 Å². The van der Waals surface area contributed by atoms with Gasteiger partial charge in [0.1, 0.15) is 0 Å². The van der Waals surface area contributed by atoms with E-state index in [9.17, 15) is 0 Å². The molecule has 2 aromatic rings. The number of nitrogens with zero attached hydrogens (tertiary/aromatic N) is 2. The van der Waals surface area contributed by atoms with E-state index < -0.39 is 0 Å². The molecule has 100 valence electrons. The van der Waals surface area contributed by atoms with Crippen LogP contribution < -0.4 is 0 Å². The summed E-state index contributed by atoms with van der Waals surface area (Å²) in [6.07, 6.45) is 0. The molecular weight excluding hydrogens is 361 g/mol. The van der Waals surface area contributed by atoms with Crippen molar-refractivity contribution in [2.75, 3.05) is 5.08 Å². The molecule has 0 aliphatic carbocycles. The SMILES string of the molecule is S=c1nc(SCSc2nc(=S)[nH]c(=S)[nH]2)[nH]c(=S)[nH]1. The van der Waals surface area contributed by atoms with E-state index in [4.69, 9.17) is 48.9 Å². The van der Waals surface area contributed by atoms with Crippen molar-refractivity contribution in [2.45, 2.75) is 10.3 Å². The monoisotopic (exact) mass is 366 g/mol. The van der Waals surface area contributed by atoms with Crippen LogP contribution in [0.2, 0.25) is 0 Å². The minimum atomic E-state index is 0.357. The van der Waals surface area contributed by atoms with Crippen LogP contribution in [0, 0.1) is 19.1 Å². The largest absolute Gasteiger partial charge is 0.311 e. The van der Waals surface area contributed by atoms with Crippen LogP contribution in [-0.4, -0.2) is 35.0 Å². The number of nitrogens with one attached hydrogen (secondary N) is 4. The summed E-state index contributed by atoms with van der Waals surface area (Å²) in [7, 11) is 0. The Kier molecular flexibility index (Phi) is 5.41. The third-order valence-corrected chi connectivity index (χ3v) is 4.35. The van der Waals surface area contributed by atoms with Crippen LogP contribution in [0.1, 0.15) is 0 Å². The molecule has 0 radical (unpaired) electrons. The molecular formula is C7H6N6S6. The lowest BCUT2D eigenvalue weighted by Crippen LogP contribution is -1.93. The first-order valence-electron chi connectivity index (χ1n) is 4.70. The molecule has 0 fully saturated rings. The number of aromatic nitrogens is 6.